The molecule has 2 rings (SSSR count). The van der Waals surface area contributed by atoms with Crippen LogP contribution in [0, 0.1) is 12.3 Å². The van der Waals surface area contributed by atoms with E-state index in [2.05, 4.69) is 5.92 Å². The van der Waals surface area contributed by atoms with Gasteiger partial charge in [-0.15, -0.1) is 6.42 Å². The summed E-state index contributed by atoms with van der Waals surface area (Å²) in [5.41, 5.74) is 1.06. The number of hydrogen-bond acceptors (Lipinski definition) is 2. The minimum Gasteiger partial charge on any atom is -0.497 e. The fourth-order valence-corrected chi connectivity index (χ4v) is 1.73. The van der Waals surface area contributed by atoms with Crippen LogP contribution >= 0.6 is 0 Å². The zero-order valence-electron chi connectivity index (χ0n) is 9.04. The van der Waals surface area contributed by atoms with Gasteiger partial charge in [-0.3, -0.25) is 0 Å². The summed E-state index contributed by atoms with van der Waals surface area (Å²) < 4.78 is 10.4. The molecule has 1 aliphatic rings. The van der Waals surface area contributed by atoms with Crippen molar-refractivity contribution in [1.29, 1.82) is 0 Å². The van der Waals surface area contributed by atoms with Gasteiger partial charge in [-0.1, -0.05) is 5.92 Å². The van der Waals surface area contributed by atoms with Gasteiger partial charge >= 0.3 is 0 Å². The Labute approximate surface area is 90.2 Å². The van der Waals surface area contributed by atoms with Crippen LogP contribution in [0.2, 0.25) is 0 Å². The van der Waals surface area contributed by atoms with E-state index in [4.69, 9.17) is 15.9 Å². The van der Waals surface area contributed by atoms with E-state index < -0.39 is 0 Å². The zero-order valence-corrected chi connectivity index (χ0v) is 9.04. The fourth-order valence-electron chi connectivity index (χ4n) is 1.73. The molecule has 0 N–H and O–H groups in total. The highest BCUT2D eigenvalue weighted by atomic mass is 16.5. The van der Waals surface area contributed by atoms with Gasteiger partial charge in [-0.25, -0.2) is 0 Å². The first-order valence-electron chi connectivity index (χ1n) is 4.95. The van der Waals surface area contributed by atoms with Crippen molar-refractivity contribution in [3.63, 3.8) is 0 Å². The SMILES string of the molecule is C#CC1(c2cc(OC)cc(OC)c2)CC1. The van der Waals surface area contributed by atoms with E-state index in [-0.39, 0.29) is 5.41 Å². The van der Waals surface area contributed by atoms with Gasteiger partial charge < -0.3 is 9.47 Å². The number of hydrogen-bond donors (Lipinski definition) is 0. The molecule has 1 fully saturated rings. The predicted molar refractivity (Wildman–Crippen MR) is 59.3 cm³/mol. The Morgan fingerprint density at radius 1 is 1.13 bits per heavy atom. The maximum absolute atomic E-state index is 5.55. The molecule has 1 aromatic rings. The standard InChI is InChI=1S/C13H14O2/c1-4-13(5-6-13)10-7-11(14-2)9-12(8-10)15-3/h1,7-9H,5-6H2,2-3H3. The van der Waals surface area contributed by atoms with E-state index in [0.29, 0.717) is 0 Å². The summed E-state index contributed by atoms with van der Waals surface area (Å²) in [6.07, 6.45) is 7.66. The van der Waals surface area contributed by atoms with Gasteiger partial charge in [0.25, 0.3) is 0 Å². The second kappa shape index (κ2) is 3.51. The molecule has 0 atom stereocenters. The Bertz CT molecular complexity index is 389. The summed E-state index contributed by atoms with van der Waals surface area (Å²) in [6.45, 7) is 0. The molecule has 0 amide bonds. The first kappa shape index (κ1) is 9.92. The summed E-state index contributed by atoms with van der Waals surface area (Å²) in [4.78, 5) is 0. The lowest BCUT2D eigenvalue weighted by atomic mass is 9.96. The average Bonchev–Trinajstić information content (AvgIpc) is 3.09. The average molecular weight is 202 g/mol. The van der Waals surface area contributed by atoms with Crippen molar-refractivity contribution in [1.82, 2.24) is 0 Å². The van der Waals surface area contributed by atoms with Gasteiger partial charge in [0.2, 0.25) is 0 Å². The molecule has 15 heavy (non-hydrogen) atoms. The summed E-state index contributed by atoms with van der Waals surface area (Å²) in [6, 6.07) is 5.85. The predicted octanol–water partition coefficient (Wildman–Crippen LogP) is 2.37. The molecule has 0 aliphatic heterocycles. The molecule has 0 unspecified atom stereocenters. The quantitative estimate of drug-likeness (QED) is 0.700. The van der Waals surface area contributed by atoms with Crippen molar-refractivity contribution in [3.05, 3.63) is 23.8 Å². The monoisotopic (exact) mass is 202 g/mol. The molecular formula is C13H14O2. The lowest BCUT2D eigenvalue weighted by Crippen LogP contribution is -2.03. The van der Waals surface area contributed by atoms with E-state index in [9.17, 15) is 0 Å². The van der Waals surface area contributed by atoms with E-state index in [0.717, 1.165) is 29.9 Å². The summed E-state index contributed by atoms with van der Waals surface area (Å²) in [5.74, 6) is 4.45. The molecule has 0 aromatic heterocycles. The molecular weight excluding hydrogens is 188 g/mol. The lowest BCUT2D eigenvalue weighted by molar-refractivity contribution is 0.393. The smallest absolute Gasteiger partial charge is 0.122 e. The van der Waals surface area contributed by atoms with Crippen molar-refractivity contribution in [2.24, 2.45) is 0 Å². The Morgan fingerprint density at radius 3 is 2.00 bits per heavy atom. The number of benzene rings is 1. The zero-order chi connectivity index (χ0) is 10.9. The largest absolute Gasteiger partial charge is 0.497 e. The first-order valence-corrected chi connectivity index (χ1v) is 4.95. The topological polar surface area (TPSA) is 18.5 Å². The van der Waals surface area contributed by atoms with E-state index >= 15 is 0 Å². The van der Waals surface area contributed by atoms with Gasteiger partial charge in [0.15, 0.2) is 0 Å². The molecule has 2 nitrogen and oxygen atoms in total. The molecule has 0 heterocycles. The van der Waals surface area contributed by atoms with Crippen molar-refractivity contribution in [3.8, 4) is 23.8 Å². The maximum atomic E-state index is 5.55. The van der Waals surface area contributed by atoms with Crippen molar-refractivity contribution in [2.75, 3.05) is 14.2 Å². The minimum absolute atomic E-state index is 0.0676. The van der Waals surface area contributed by atoms with Crippen LogP contribution in [0.15, 0.2) is 18.2 Å². The maximum Gasteiger partial charge on any atom is 0.122 e. The lowest BCUT2D eigenvalue weighted by Gasteiger charge is -2.12. The number of rotatable bonds is 3. The highest BCUT2D eigenvalue weighted by Gasteiger charge is 2.43. The van der Waals surface area contributed by atoms with Crippen LogP contribution in [0.1, 0.15) is 18.4 Å². The van der Waals surface area contributed by atoms with Gasteiger partial charge in [0.1, 0.15) is 11.5 Å². The third kappa shape index (κ3) is 1.66. The van der Waals surface area contributed by atoms with E-state index in [1.807, 2.05) is 18.2 Å². The fraction of sp³-hybridized carbons (Fsp3) is 0.385. The Kier molecular flexibility index (Phi) is 2.32. The summed E-state index contributed by atoms with van der Waals surface area (Å²) >= 11 is 0. The third-order valence-electron chi connectivity index (χ3n) is 2.93. The molecule has 0 saturated heterocycles. The first-order chi connectivity index (χ1) is 7.24. The van der Waals surface area contributed by atoms with Crippen molar-refractivity contribution < 1.29 is 9.47 Å². The summed E-state index contributed by atoms with van der Waals surface area (Å²) in [5, 5.41) is 0. The normalized spacial score (nSPS) is 16.6. The van der Waals surface area contributed by atoms with E-state index in [1.54, 1.807) is 14.2 Å². The Hall–Kier alpha value is -1.62. The van der Waals surface area contributed by atoms with Crippen LogP contribution in [0.5, 0.6) is 11.5 Å². The van der Waals surface area contributed by atoms with Crippen molar-refractivity contribution >= 4 is 0 Å². The minimum atomic E-state index is -0.0676. The third-order valence-corrected chi connectivity index (χ3v) is 2.93. The number of ether oxygens (including phenoxy) is 2. The second-order valence-corrected chi connectivity index (χ2v) is 3.83. The van der Waals surface area contributed by atoms with Gasteiger partial charge in [0, 0.05) is 6.07 Å². The molecule has 0 spiro atoms. The van der Waals surface area contributed by atoms with Crippen LogP contribution < -0.4 is 9.47 Å². The second-order valence-electron chi connectivity index (χ2n) is 3.83. The van der Waals surface area contributed by atoms with Crippen LogP contribution in [-0.4, -0.2) is 14.2 Å². The number of methoxy groups -OCH3 is 2. The van der Waals surface area contributed by atoms with Gasteiger partial charge in [-0.05, 0) is 30.5 Å². The molecule has 1 aromatic carbocycles. The van der Waals surface area contributed by atoms with Gasteiger partial charge in [0.05, 0.1) is 19.6 Å². The van der Waals surface area contributed by atoms with Crippen LogP contribution in [0.25, 0.3) is 0 Å². The molecule has 0 bridgehead atoms. The van der Waals surface area contributed by atoms with Crippen LogP contribution in [-0.2, 0) is 5.41 Å². The van der Waals surface area contributed by atoms with Crippen LogP contribution in [0.3, 0.4) is 0 Å². The molecule has 78 valence electrons. The number of terminal acetylenes is 1. The summed E-state index contributed by atoms with van der Waals surface area (Å²) in [7, 11) is 3.29. The Balaban J connectivity index is 2.44. The Morgan fingerprint density at radius 2 is 1.67 bits per heavy atom. The van der Waals surface area contributed by atoms with Crippen molar-refractivity contribution in [2.45, 2.75) is 18.3 Å². The van der Waals surface area contributed by atoms with Crippen LogP contribution in [0.4, 0.5) is 0 Å². The van der Waals surface area contributed by atoms with E-state index in [1.165, 1.54) is 0 Å². The molecule has 1 aliphatic carbocycles. The molecule has 2 heteroatoms. The highest BCUT2D eigenvalue weighted by molar-refractivity contribution is 5.48. The highest BCUT2D eigenvalue weighted by Crippen LogP contribution is 2.49. The molecule has 0 radical (unpaired) electrons. The van der Waals surface area contributed by atoms with Gasteiger partial charge in [-0.2, -0.15) is 0 Å². The molecule has 1 saturated carbocycles.